The lowest BCUT2D eigenvalue weighted by Gasteiger charge is -2.20. The van der Waals surface area contributed by atoms with Crippen LogP contribution in [0.25, 0.3) is 0 Å². The van der Waals surface area contributed by atoms with Crippen LogP contribution in [0.2, 0.25) is 10.0 Å². The third-order valence-corrected chi connectivity index (χ3v) is 7.38. The maximum absolute atomic E-state index is 13.9. The monoisotopic (exact) mass is 576 g/mol. The summed E-state index contributed by atoms with van der Waals surface area (Å²) in [7, 11) is 3.02. The number of thiophene rings is 1. The second-order valence-corrected chi connectivity index (χ2v) is 10.1. The average molecular weight is 577 g/mol. The second kappa shape index (κ2) is 12.3. The molecule has 2 aromatic carbocycles. The van der Waals surface area contributed by atoms with Gasteiger partial charge in [-0.2, -0.15) is 4.73 Å². The van der Waals surface area contributed by atoms with Gasteiger partial charge in [0, 0.05) is 23.4 Å². The zero-order valence-corrected chi connectivity index (χ0v) is 22.7. The molecule has 0 saturated heterocycles. The van der Waals surface area contributed by atoms with Crippen LogP contribution in [0, 0.1) is 11.0 Å². The smallest absolute Gasteiger partial charge is 0.348 e. The Morgan fingerprint density at radius 2 is 1.76 bits per heavy atom. The molecule has 0 amide bonds. The van der Waals surface area contributed by atoms with Gasteiger partial charge < -0.3 is 24.7 Å². The topological polar surface area (TPSA) is 83.7 Å². The quantitative estimate of drug-likeness (QED) is 0.130. The van der Waals surface area contributed by atoms with Crippen molar-refractivity contribution in [3.8, 4) is 11.5 Å². The predicted molar refractivity (Wildman–Crippen MR) is 145 cm³/mol. The lowest BCUT2D eigenvalue weighted by atomic mass is 10.0. The van der Waals surface area contributed by atoms with E-state index in [9.17, 15) is 14.4 Å². The van der Waals surface area contributed by atoms with Gasteiger partial charge in [-0.05, 0) is 42.0 Å². The highest BCUT2D eigenvalue weighted by Crippen LogP contribution is 2.36. The standard InChI is InChI=1S/C27H23Cl2FN2O5S/c1-35-23-9-7-16(11-25(23)36-2)24(12-18-19(28)14-32(34)15-20(18)29)37-27(33)26-10-8-17(38-26)13-31-22-6-4-3-5-21(22)30/h3-11,14-15,24,31H,12-13H2,1-2H3/t24-/m0/s1. The number of para-hydroxylation sites is 1. The van der Waals surface area contributed by atoms with Crippen LogP contribution in [-0.2, 0) is 17.7 Å². The SMILES string of the molecule is COc1ccc([C@H](Cc2c(Cl)c[n+]([O-])cc2Cl)OC(=O)c2ccc(CNc3ccccc3F)s2)cc1OC. The minimum Gasteiger partial charge on any atom is -0.619 e. The van der Waals surface area contributed by atoms with Gasteiger partial charge >= 0.3 is 5.97 Å². The highest BCUT2D eigenvalue weighted by molar-refractivity contribution is 7.13. The Labute approximate surface area is 232 Å². The lowest BCUT2D eigenvalue weighted by molar-refractivity contribution is -0.605. The fraction of sp³-hybridized carbons (Fsp3) is 0.185. The Balaban J connectivity index is 1.57. The first-order valence-corrected chi connectivity index (χ1v) is 12.9. The zero-order valence-electron chi connectivity index (χ0n) is 20.4. The van der Waals surface area contributed by atoms with Gasteiger partial charge in [-0.1, -0.05) is 41.4 Å². The van der Waals surface area contributed by atoms with E-state index in [2.05, 4.69) is 5.32 Å². The van der Waals surface area contributed by atoms with E-state index in [0.717, 1.165) is 4.88 Å². The van der Waals surface area contributed by atoms with Crippen molar-refractivity contribution >= 4 is 46.2 Å². The van der Waals surface area contributed by atoms with Crippen molar-refractivity contribution in [2.24, 2.45) is 0 Å². The van der Waals surface area contributed by atoms with Crippen molar-refractivity contribution in [1.82, 2.24) is 0 Å². The van der Waals surface area contributed by atoms with Crippen LogP contribution in [0.1, 0.15) is 31.8 Å². The number of esters is 1. The molecule has 4 aromatic rings. The number of halogens is 3. The zero-order chi connectivity index (χ0) is 27.2. The molecular weight excluding hydrogens is 554 g/mol. The van der Waals surface area contributed by atoms with Gasteiger partial charge in [0.05, 0.1) is 19.9 Å². The predicted octanol–water partition coefficient (Wildman–Crippen LogP) is 6.60. The molecule has 0 aliphatic heterocycles. The molecule has 1 atom stereocenters. The molecule has 7 nitrogen and oxygen atoms in total. The van der Waals surface area contributed by atoms with E-state index in [1.54, 1.807) is 48.5 Å². The fourth-order valence-corrected chi connectivity index (χ4v) is 5.18. The van der Waals surface area contributed by atoms with Crippen LogP contribution in [-0.4, -0.2) is 20.2 Å². The van der Waals surface area contributed by atoms with Crippen molar-refractivity contribution in [2.45, 2.75) is 19.1 Å². The Hall–Kier alpha value is -3.53. The second-order valence-electron chi connectivity index (χ2n) is 8.10. The van der Waals surface area contributed by atoms with Crippen LogP contribution in [0.3, 0.4) is 0 Å². The summed E-state index contributed by atoms with van der Waals surface area (Å²) in [6, 6.07) is 14.9. The molecule has 2 aromatic heterocycles. The van der Waals surface area contributed by atoms with Crippen LogP contribution >= 0.6 is 34.5 Å². The molecule has 0 radical (unpaired) electrons. The summed E-state index contributed by atoms with van der Waals surface area (Å²) in [5, 5.41) is 15.0. The Bertz CT molecular complexity index is 1430. The number of hydrogen-bond donors (Lipinski definition) is 1. The van der Waals surface area contributed by atoms with Gasteiger partial charge in [-0.15, -0.1) is 11.3 Å². The summed E-state index contributed by atoms with van der Waals surface area (Å²) in [6.45, 7) is 0.336. The molecule has 198 valence electrons. The molecule has 4 rings (SSSR count). The molecule has 11 heteroatoms. The normalized spacial score (nSPS) is 11.6. The first-order chi connectivity index (χ1) is 18.3. The summed E-state index contributed by atoms with van der Waals surface area (Å²) >= 11 is 13.8. The average Bonchev–Trinajstić information content (AvgIpc) is 3.38. The molecule has 0 bridgehead atoms. The van der Waals surface area contributed by atoms with Gasteiger partial charge in [0.1, 0.15) is 26.8 Å². The summed E-state index contributed by atoms with van der Waals surface area (Å²) in [5.74, 6) is 0.0391. The summed E-state index contributed by atoms with van der Waals surface area (Å²) in [4.78, 5) is 14.4. The highest BCUT2D eigenvalue weighted by atomic mass is 35.5. The van der Waals surface area contributed by atoms with Crippen LogP contribution in [0.15, 0.2) is 67.0 Å². The van der Waals surface area contributed by atoms with Crippen molar-refractivity contribution in [1.29, 1.82) is 0 Å². The minimum absolute atomic E-state index is 0.104. The minimum atomic E-state index is -0.818. The van der Waals surface area contributed by atoms with E-state index in [1.807, 2.05) is 0 Å². The number of anilines is 1. The van der Waals surface area contributed by atoms with Crippen LogP contribution in [0.5, 0.6) is 11.5 Å². The first kappa shape index (κ1) is 27.5. The van der Waals surface area contributed by atoms with Gasteiger partial charge in [-0.3, -0.25) is 0 Å². The van der Waals surface area contributed by atoms with Crippen molar-refractivity contribution in [2.75, 3.05) is 19.5 Å². The maximum atomic E-state index is 13.9. The molecule has 1 N–H and O–H groups in total. The first-order valence-electron chi connectivity index (χ1n) is 11.4. The summed E-state index contributed by atoms with van der Waals surface area (Å²) in [5.41, 5.74) is 1.43. The molecule has 0 saturated carbocycles. The number of carbonyl (C=O) groups is 1. The molecule has 0 spiro atoms. The summed E-state index contributed by atoms with van der Waals surface area (Å²) < 4.78 is 31.1. The van der Waals surface area contributed by atoms with Crippen molar-refractivity contribution in [3.63, 3.8) is 0 Å². The van der Waals surface area contributed by atoms with Gasteiger partial charge in [-0.25, -0.2) is 9.18 Å². The van der Waals surface area contributed by atoms with E-state index < -0.39 is 12.1 Å². The fourth-order valence-electron chi connectivity index (χ4n) is 3.75. The third-order valence-electron chi connectivity index (χ3n) is 5.67. The van der Waals surface area contributed by atoms with Crippen LogP contribution in [0.4, 0.5) is 10.1 Å². The van der Waals surface area contributed by atoms with Crippen molar-refractivity contribution in [3.05, 3.63) is 109 Å². The lowest BCUT2D eigenvalue weighted by Crippen LogP contribution is -2.25. The highest BCUT2D eigenvalue weighted by Gasteiger charge is 2.25. The number of methoxy groups -OCH3 is 2. The number of benzene rings is 2. The molecule has 0 aliphatic carbocycles. The molecule has 0 unspecified atom stereocenters. The van der Waals surface area contributed by atoms with Gasteiger partial charge in [0.25, 0.3) is 0 Å². The molecule has 2 heterocycles. The summed E-state index contributed by atoms with van der Waals surface area (Å²) in [6.07, 6.45) is 1.66. The number of hydrogen-bond acceptors (Lipinski definition) is 7. The van der Waals surface area contributed by atoms with E-state index in [4.69, 9.17) is 37.4 Å². The Kier molecular flexibility index (Phi) is 8.93. The van der Waals surface area contributed by atoms with E-state index >= 15 is 0 Å². The third kappa shape index (κ3) is 6.48. The van der Waals surface area contributed by atoms with Crippen molar-refractivity contribution < 1.29 is 28.1 Å². The molecule has 38 heavy (non-hydrogen) atoms. The number of rotatable bonds is 10. The van der Waals surface area contributed by atoms with Gasteiger partial charge in [0.15, 0.2) is 23.9 Å². The van der Waals surface area contributed by atoms with E-state index in [0.29, 0.717) is 44.5 Å². The number of ether oxygens (including phenoxy) is 3. The molecular formula is C27H23Cl2FN2O5S. The number of nitrogens with one attached hydrogen (secondary N) is 1. The van der Waals surface area contributed by atoms with E-state index in [-0.39, 0.29) is 22.3 Å². The number of aromatic nitrogens is 1. The maximum Gasteiger partial charge on any atom is 0.348 e. The van der Waals surface area contributed by atoms with E-state index in [1.165, 1.54) is 44.0 Å². The Morgan fingerprint density at radius 1 is 1.05 bits per heavy atom. The number of pyridine rings is 1. The largest absolute Gasteiger partial charge is 0.619 e. The molecule has 0 fully saturated rings. The van der Waals surface area contributed by atoms with Crippen LogP contribution < -0.4 is 19.5 Å². The Morgan fingerprint density at radius 3 is 2.45 bits per heavy atom. The van der Waals surface area contributed by atoms with Gasteiger partial charge in [0.2, 0.25) is 0 Å². The number of carbonyl (C=O) groups excluding carboxylic acids is 1. The number of nitrogens with zero attached hydrogens (tertiary/aromatic N) is 1. The molecule has 0 aliphatic rings.